The SMILES string of the molecule is CCC(C(N)=O)c1ccc2c(C(F)(F)F)[nH]nc2c1. The summed E-state index contributed by atoms with van der Waals surface area (Å²) < 4.78 is 38.0. The Morgan fingerprint density at radius 2 is 2.16 bits per heavy atom. The van der Waals surface area contributed by atoms with Crippen LogP contribution in [-0.4, -0.2) is 16.1 Å². The number of nitrogens with one attached hydrogen (secondary N) is 1. The molecule has 0 bridgehead atoms. The molecule has 1 atom stereocenters. The smallest absolute Gasteiger partial charge is 0.369 e. The Balaban J connectivity index is 2.52. The molecule has 7 heteroatoms. The van der Waals surface area contributed by atoms with E-state index in [1.807, 2.05) is 5.10 Å². The first kappa shape index (κ1) is 13.4. The number of alkyl halides is 3. The molecule has 2 rings (SSSR count). The van der Waals surface area contributed by atoms with Crippen LogP contribution in [0.1, 0.15) is 30.5 Å². The highest BCUT2D eigenvalue weighted by Crippen LogP contribution is 2.34. The maximum atomic E-state index is 12.7. The number of hydrogen-bond donors (Lipinski definition) is 2. The van der Waals surface area contributed by atoms with Gasteiger partial charge in [-0.1, -0.05) is 19.1 Å². The van der Waals surface area contributed by atoms with Gasteiger partial charge in [-0.05, 0) is 18.1 Å². The maximum Gasteiger partial charge on any atom is 0.433 e. The van der Waals surface area contributed by atoms with Crippen molar-refractivity contribution in [2.45, 2.75) is 25.4 Å². The van der Waals surface area contributed by atoms with Crippen LogP contribution in [0.15, 0.2) is 18.2 Å². The Morgan fingerprint density at radius 1 is 1.47 bits per heavy atom. The third kappa shape index (κ3) is 2.40. The molecule has 1 unspecified atom stereocenters. The molecule has 2 aromatic rings. The maximum absolute atomic E-state index is 12.7. The number of aromatic nitrogens is 2. The summed E-state index contributed by atoms with van der Waals surface area (Å²) >= 11 is 0. The van der Waals surface area contributed by atoms with Crippen LogP contribution < -0.4 is 5.73 Å². The lowest BCUT2D eigenvalue weighted by atomic mass is 9.95. The van der Waals surface area contributed by atoms with E-state index in [4.69, 9.17) is 5.73 Å². The molecule has 3 N–H and O–H groups in total. The van der Waals surface area contributed by atoms with Gasteiger partial charge in [-0.15, -0.1) is 0 Å². The standard InChI is InChI=1S/C12H12F3N3O/c1-2-7(11(16)19)6-3-4-8-9(5-6)17-18-10(8)12(13,14)15/h3-5,7H,2H2,1H3,(H2,16,19)(H,17,18). The average molecular weight is 271 g/mol. The number of amides is 1. The van der Waals surface area contributed by atoms with E-state index in [1.54, 1.807) is 6.92 Å². The zero-order valence-electron chi connectivity index (χ0n) is 10.1. The van der Waals surface area contributed by atoms with E-state index in [2.05, 4.69) is 5.10 Å². The number of carbonyl (C=O) groups excluding carboxylic acids is 1. The molecular formula is C12H12F3N3O. The van der Waals surface area contributed by atoms with Crippen molar-refractivity contribution in [3.63, 3.8) is 0 Å². The van der Waals surface area contributed by atoms with E-state index in [0.29, 0.717) is 12.0 Å². The zero-order valence-corrected chi connectivity index (χ0v) is 10.1. The second-order valence-electron chi connectivity index (χ2n) is 4.24. The average Bonchev–Trinajstić information content (AvgIpc) is 2.71. The number of nitrogens with two attached hydrogens (primary N) is 1. The van der Waals surface area contributed by atoms with Gasteiger partial charge in [0.1, 0.15) is 5.69 Å². The summed E-state index contributed by atoms with van der Waals surface area (Å²) in [5.74, 6) is -1.02. The Labute approximate surface area is 106 Å². The first-order valence-electron chi connectivity index (χ1n) is 5.69. The summed E-state index contributed by atoms with van der Waals surface area (Å²) in [4.78, 5) is 11.2. The highest BCUT2D eigenvalue weighted by molar-refractivity contribution is 5.86. The second kappa shape index (κ2) is 4.56. The highest BCUT2D eigenvalue weighted by Gasteiger charge is 2.35. The van der Waals surface area contributed by atoms with Crippen LogP contribution in [0.2, 0.25) is 0 Å². The van der Waals surface area contributed by atoms with E-state index in [1.165, 1.54) is 18.2 Å². The lowest BCUT2D eigenvalue weighted by Crippen LogP contribution is -2.20. The van der Waals surface area contributed by atoms with Gasteiger partial charge in [-0.3, -0.25) is 9.89 Å². The molecule has 0 aliphatic heterocycles. The van der Waals surface area contributed by atoms with Crippen molar-refractivity contribution in [2.24, 2.45) is 5.73 Å². The molecule has 19 heavy (non-hydrogen) atoms. The van der Waals surface area contributed by atoms with Gasteiger partial charge in [0, 0.05) is 5.39 Å². The minimum atomic E-state index is -4.48. The summed E-state index contributed by atoms with van der Waals surface area (Å²) in [6.07, 6.45) is -4.00. The second-order valence-corrected chi connectivity index (χ2v) is 4.24. The van der Waals surface area contributed by atoms with Gasteiger partial charge in [-0.2, -0.15) is 18.3 Å². The van der Waals surface area contributed by atoms with Crippen molar-refractivity contribution in [3.8, 4) is 0 Å². The van der Waals surface area contributed by atoms with Crippen molar-refractivity contribution in [2.75, 3.05) is 0 Å². The van der Waals surface area contributed by atoms with E-state index < -0.39 is 23.7 Å². The summed E-state index contributed by atoms with van der Waals surface area (Å²) in [5.41, 5.74) is 5.11. The van der Waals surface area contributed by atoms with Gasteiger partial charge in [0.15, 0.2) is 0 Å². The molecule has 1 heterocycles. The number of primary amides is 1. The Morgan fingerprint density at radius 3 is 2.68 bits per heavy atom. The summed E-state index contributed by atoms with van der Waals surface area (Å²) in [7, 11) is 0. The fourth-order valence-corrected chi connectivity index (χ4v) is 2.06. The predicted octanol–water partition coefficient (Wildman–Crippen LogP) is 2.56. The molecule has 0 saturated heterocycles. The number of H-pyrrole nitrogens is 1. The number of carbonyl (C=O) groups is 1. The summed E-state index contributed by atoms with van der Waals surface area (Å²) in [6, 6.07) is 4.24. The van der Waals surface area contributed by atoms with E-state index >= 15 is 0 Å². The van der Waals surface area contributed by atoms with Crippen LogP contribution in [0.4, 0.5) is 13.2 Å². The van der Waals surface area contributed by atoms with Gasteiger partial charge >= 0.3 is 6.18 Å². The zero-order chi connectivity index (χ0) is 14.2. The molecule has 0 saturated carbocycles. The number of rotatable bonds is 3. The minimum Gasteiger partial charge on any atom is -0.369 e. The topological polar surface area (TPSA) is 71.8 Å². The van der Waals surface area contributed by atoms with Crippen LogP contribution in [0.5, 0.6) is 0 Å². The number of aromatic amines is 1. The van der Waals surface area contributed by atoms with Crippen molar-refractivity contribution in [1.82, 2.24) is 10.2 Å². The van der Waals surface area contributed by atoms with Crippen LogP contribution in [0, 0.1) is 0 Å². The molecule has 1 aromatic carbocycles. The lowest BCUT2D eigenvalue weighted by Gasteiger charge is -2.11. The van der Waals surface area contributed by atoms with Gasteiger partial charge < -0.3 is 5.73 Å². The summed E-state index contributed by atoms with van der Waals surface area (Å²) in [6.45, 7) is 1.78. The Kier molecular flexibility index (Phi) is 3.21. The third-order valence-electron chi connectivity index (χ3n) is 3.02. The highest BCUT2D eigenvalue weighted by atomic mass is 19.4. The summed E-state index contributed by atoms with van der Waals surface area (Å²) in [5, 5.41) is 5.58. The van der Waals surface area contributed by atoms with E-state index in [0.717, 1.165) is 0 Å². The van der Waals surface area contributed by atoms with Crippen LogP contribution in [0.25, 0.3) is 10.9 Å². The molecule has 102 valence electrons. The lowest BCUT2D eigenvalue weighted by molar-refractivity contribution is -0.140. The van der Waals surface area contributed by atoms with Crippen LogP contribution in [-0.2, 0) is 11.0 Å². The van der Waals surface area contributed by atoms with E-state index in [-0.39, 0.29) is 10.9 Å². The molecule has 0 fully saturated rings. The Bertz CT molecular complexity index is 618. The van der Waals surface area contributed by atoms with E-state index in [9.17, 15) is 18.0 Å². The predicted molar refractivity (Wildman–Crippen MR) is 63.3 cm³/mol. The van der Waals surface area contributed by atoms with Crippen LogP contribution >= 0.6 is 0 Å². The molecule has 0 spiro atoms. The molecular weight excluding hydrogens is 259 g/mol. The number of hydrogen-bond acceptors (Lipinski definition) is 2. The fourth-order valence-electron chi connectivity index (χ4n) is 2.06. The Hall–Kier alpha value is -2.05. The number of halogens is 3. The number of benzene rings is 1. The van der Waals surface area contributed by atoms with Gasteiger partial charge in [-0.25, -0.2) is 0 Å². The molecule has 1 aromatic heterocycles. The van der Waals surface area contributed by atoms with Crippen molar-refractivity contribution >= 4 is 16.8 Å². The molecule has 0 aliphatic rings. The fraction of sp³-hybridized carbons (Fsp3) is 0.333. The third-order valence-corrected chi connectivity index (χ3v) is 3.02. The van der Waals surface area contributed by atoms with Crippen molar-refractivity contribution < 1.29 is 18.0 Å². The quantitative estimate of drug-likeness (QED) is 0.900. The van der Waals surface area contributed by atoms with Gasteiger partial charge in [0.2, 0.25) is 5.91 Å². The molecule has 1 amide bonds. The molecule has 4 nitrogen and oxygen atoms in total. The van der Waals surface area contributed by atoms with Crippen LogP contribution in [0.3, 0.4) is 0 Å². The minimum absolute atomic E-state index is 0.0180. The van der Waals surface area contributed by atoms with Crippen molar-refractivity contribution in [1.29, 1.82) is 0 Å². The monoisotopic (exact) mass is 271 g/mol. The van der Waals surface area contributed by atoms with Gasteiger partial charge in [0.25, 0.3) is 0 Å². The molecule has 0 radical (unpaired) electrons. The number of nitrogens with zero attached hydrogens (tertiary/aromatic N) is 1. The number of fused-ring (bicyclic) bond motifs is 1. The largest absolute Gasteiger partial charge is 0.433 e. The normalized spacial score (nSPS) is 13.7. The van der Waals surface area contributed by atoms with Gasteiger partial charge in [0.05, 0.1) is 11.4 Å². The first-order valence-corrected chi connectivity index (χ1v) is 5.69. The first-order chi connectivity index (χ1) is 8.84. The van der Waals surface area contributed by atoms with Crippen molar-refractivity contribution in [3.05, 3.63) is 29.5 Å². The molecule has 0 aliphatic carbocycles.